The topological polar surface area (TPSA) is 46.5 Å². The number of phenols is 1. The van der Waals surface area contributed by atoms with Crippen molar-refractivity contribution in [1.29, 1.82) is 0 Å². The summed E-state index contributed by atoms with van der Waals surface area (Å²) in [6, 6.07) is 13.3. The van der Waals surface area contributed by atoms with Crippen LogP contribution in [0.4, 0.5) is 8.78 Å². The predicted octanol–water partition coefficient (Wildman–Crippen LogP) is 5.08. The highest BCUT2D eigenvalue weighted by atomic mass is 19.1. The largest absolute Gasteiger partial charge is 0.508 e. The van der Waals surface area contributed by atoms with E-state index >= 15 is 0 Å². The lowest BCUT2D eigenvalue weighted by molar-refractivity contribution is 0.0991. The van der Waals surface area contributed by atoms with Crippen molar-refractivity contribution in [3.8, 4) is 22.6 Å². The third-order valence-electron chi connectivity index (χ3n) is 4.47. The fourth-order valence-electron chi connectivity index (χ4n) is 2.90. The molecule has 27 heavy (non-hydrogen) atoms. The van der Waals surface area contributed by atoms with Gasteiger partial charge in [0.05, 0.1) is 7.11 Å². The molecular weight excluding hydrogens is 350 g/mol. The van der Waals surface area contributed by atoms with Crippen LogP contribution in [0.15, 0.2) is 54.6 Å². The summed E-state index contributed by atoms with van der Waals surface area (Å²) in [6.45, 7) is 1.56. The first kappa shape index (κ1) is 18.6. The Morgan fingerprint density at radius 2 is 1.81 bits per heavy atom. The highest BCUT2D eigenvalue weighted by Gasteiger charge is 2.17. The van der Waals surface area contributed by atoms with Crippen LogP contribution < -0.4 is 4.74 Å². The zero-order chi connectivity index (χ0) is 19.6. The number of ketones is 1. The molecule has 3 aromatic rings. The van der Waals surface area contributed by atoms with E-state index in [0.717, 1.165) is 6.07 Å². The van der Waals surface area contributed by atoms with E-state index in [-0.39, 0.29) is 29.3 Å². The molecule has 3 nitrogen and oxygen atoms in total. The van der Waals surface area contributed by atoms with Gasteiger partial charge in [0.2, 0.25) is 0 Å². The third-order valence-corrected chi connectivity index (χ3v) is 4.47. The quantitative estimate of drug-likeness (QED) is 0.639. The molecule has 3 rings (SSSR count). The van der Waals surface area contributed by atoms with E-state index in [4.69, 9.17) is 4.74 Å². The van der Waals surface area contributed by atoms with Crippen LogP contribution in [0, 0.1) is 18.6 Å². The number of carbonyl (C=O) groups is 1. The molecule has 1 N–H and O–H groups in total. The molecule has 0 radical (unpaired) electrons. The van der Waals surface area contributed by atoms with Crippen molar-refractivity contribution in [3.05, 3.63) is 82.9 Å². The Labute approximate surface area is 155 Å². The summed E-state index contributed by atoms with van der Waals surface area (Å²) < 4.78 is 32.9. The molecule has 0 aliphatic rings. The summed E-state index contributed by atoms with van der Waals surface area (Å²) in [5.74, 6) is -0.898. The standard InChI is InChI=1S/C22H18F2O3/c1-13-19(20(24)6-7-21(13)25)12-22(26)16-8-15(10-18(11-16)27-2)14-4-3-5-17(23)9-14/h3-11,25H,12H2,1-2H3. The summed E-state index contributed by atoms with van der Waals surface area (Å²) >= 11 is 0. The Morgan fingerprint density at radius 1 is 1.04 bits per heavy atom. The second kappa shape index (κ2) is 7.58. The minimum atomic E-state index is -0.549. The van der Waals surface area contributed by atoms with Crippen molar-refractivity contribution in [3.63, 3.8) is 0 Å². The van der Waals surface area contributed by atoms with E-state index in [1.807, 2.05) is 0 Å². The van der Waals surface area contributed by atoms with E-state index < -0.39 is 5.82 Å². The summed E-state index contributed by atoms with van der Waals surface area (Å²) in [7, 11) is 1.47. The van der Waals surface area contributed by atoms with E-state index in [1.54, 1.807) is 37.3 Å². The van der Waals surface area contributed by atoms with Gasteiger partial charge in [0.1, 0.15) is 23.1 Å². The van der Waals surface area contributed by atoms with Gasteiger partial charge >= 0.3 is 0 Å². The second-order valence-corrected chi connectivity index (χ2v) is 6.23. The van der Waals surface area contributed by atoms with Crippen molar-refractivity contribution in [2.24, 2.45) is 0 Å². The Balaban J connectivity index is 2.00. The number of carbonyl (C=O) groups excluding carboxylic acids is 1. The number of hydrogen-bond donors (Lipinski definition) is 1. The molecule has 3 aromatic carbocycles. The third kappa shape index (κ3) is 3.97. The first-order chi connectivity index (χ1) is 12.9. The van der Waals surface area contributed by atoms with Gasteiger partial charge in [-0.2, -0.15) is 0 Å². The molecule has 0 bridgehead atoms. The van der Waals surface area contributed by atoms with Gasteiger partial charge in [0.25, 0.3) is 0 Å². The zero-order valence-electron chi connectivity index (χ0n) is 14.9. The van der Waals surface area contributed by atoms with Crippen molar-refractivity contribution >= 4 is 5.78 Å². The van der Waals surface area contributed by atoms with Crippen LogP contribution in [-0.4, -0.2) is 18.0 Å². The van der Waals surface area contributed by atoms with Crippen LogP contribution in [0.25, 0.3) is 11.1 Å². The monoisotopic (exact) mass is 368 g/mol. The van der Waals surface area contributed by atoms with E-state index in [2.05, 4.69) is 0 Å². The molecular formula is C22H18F2O3. The van der Waals surface area contributed by atoms with Crippen LogP contribution in [-0.2, 0) is 6.42 Å². The lowest BCUT2D eigenvalue weighted by atomic mass is 9.95. The van der Waals surface area contributed by atoms with Crippen molar-refractivity contribution in [1.82, 2.24) is 0 Å². The normalized spacial score (nSPS) is 10.7. The van der Waals surface area contributed by atoms with Crippen LogP contribution in [0.5, 0.6) is 11.5 Å². The molecule has 5 heteroatoms. The predicted molar refractivity (Wildman–Crippen MR) is 99.2 cm³/mol. The number of ether oxygens (including phenoxy) is 1. The lowest BCUT2D eigenvalue weighted by Crippen LogP contribution is -2.07. The molecule has 0 saturated carbocycles. The molecule has 0 saturated heterocycles. The Hall–Kier alpha value is -3.21. The maximum Gasteiger partial charge on any atom is 0.167 e. The molecule has 138 valence electrons. The van der Waals surface area contributed by atoms with Crippen LogP contribution in [0.2, 0.25) is 0 Å². The molecule has 0 aliphatic heterocycles. The van der Waals surface area contributed by atoms with E-state index in [0.29, 0.717) is 28.0 Å². The van der Waals surface area contributed by atoms with Gasteiger partial charge in [-0.1, -0.05) is 12.1 Å². The van der Waals surface area contributed by atoms with Gasteiger partial charge < -0.3 is 9.84 Å². The number of aromatic hydroxyl groups is 1. The summed E-state index contributed by atoms with van der Waals surface area (Å²) in [6.07, 6.45) is -0.207. The maximum atomic E-state index is 14.1. The number of phenolic OH excluding ortho intramolecular Hbond substituents is 1. The fourth-order valence-corrected chi connectivity index (χ4v) is 2.90. The average molecular weight is 368 g/mol. The van der Waals surface area contributed by atoms with Crippen LogP contribution in [0.1, 0.15) is 21.5 Å². The van der Waals surface area contributed by atoms with Crippen LogP contribution in [0.3, 0.4) is 0 Å². The minimum Gasteiger partial charge on any atom is -0.508 e. The van der Waals surface area contributed by atoms with Gasteiger partial charge in [-0.15, -0.1) is 0 Å². The molecule has 0 aromatic heterocycles. The molecule has 0 unspecified atom stereocenters. The van der Waals surface area contributed by atoms with Gasteiger partial charge in [-0.3, -0.25) is 4.79 Å². The molecule has 0 fully saturated rings. The Bertz CT molecular complexity index is 1010. The smallest absolute Gasteiger partial charge is 0.167 e. The Morgan fingerprint density at radius 3 is 2.52 bits per heavy atom. The van der Waals surface area contributed by atoms with Gasteiger partial charge in [0.15, 0.2) is 5.78 Å². The van der Waals surface area contributed by atoms with Gasteiger partial charge in [0, 0.05) is 17.5 Å². The molecule has 0 atom stereocenters. The Kier molecular flexibility index (Phi) is 5.21. The molecule has 0 heterocycles. The SMILES string of the molecule is COc1cc(C(=O)Cc2c(F)ccc(O)c2C)cc(-c2cccc(F)c2)c1. The van der Waals surface area contributed by atoms with Crippen LogP contribution >= 0.6 is 0 Å². The highest BCUT2D eigenvalue weighted by molar-refractivity contribution is 5.99. The van der Waals surface area contributed by atoms with Gasteiger partial charge in [-0.25, -0.2) is 8.78 Å². The molecule has 0 aliphatic carbocycles. The maximum absolute atomic E-state index is 14.1. The molecule has 0 spiro atoms. The first-order valence-corrected chi connectivity index (χ1v) is 8.34. The van der Waals surface area contributed by atoms with E-state index in [9.17, 15) is 18.7 Å². The average Bonchev–Trinajstić information content (AvgIpc) is 2.67. The van der Waals surface area contributed by atoms with Crippen molar-refractivity contribution < 1.29 is 23.4 Å². The number of Topliss-reactive ketones (excluding diaryl/α,β-unsaturated/α-hetero) is 1. The second-order valence-electron chi connectivity index (χ2n) is 6.23. The lowest BCUT2D eigenvalue weighted by Gasteiger charge is -2.11. The minimum absolute atomic E-state index is 0.0645. The summed E-state index contributed by atoms with van der Waals surface area (Å²) in [5.41, 5.74) is 2.01. The number of hydrogen-bond acceptors (Lipinski definition) is 3. The number of methoxy groups -OCH3 is 1. The van der Waals surface area contributed by atoms with Crippen molar-refractivity contribution in [2.75, 3.05) is 7.11 Å². The summed E-state index contributed by atoms with van der Waals surface area (Å²) in [4.78, 5) is 12.8. The van der Waals surface area contributed by atoms with Gasteiger partial charge in [-0.05, 0) is 66.1 Å². The first-order valence-electron chi connectivity index (χ1n) is 8.34. The summed E-state index contributed by atoms with van der Waals surface area (Å²) in [5, 5.41) is 9.78. The van der Waals surface area contributed by atoms with Crippen molar-refractivity contribution in [2.45, 2.75) is 13.3 Å². The fraction of sp³-hybridized carbons (Fsp3) is 0.136. The zero-order valence-corrected chi connectivity index (χ0v) is 14.9. The number of rotatable bonds is 5. The highest BCUT2D eigenvalue weighted by Crippen LogP contribution is 2.29. The number of halogens is 2. The number of benzene rings is 3. The molecule has 0 amide bonds. The van der Waals surface area contributed by atoms with E-state index in [1.165, 1.54) is 25.3 Å².